The zero-order valence-corrected chi connectivity index (χ0v) is 21.6. The average molecular weight is 559 g/mol. The lowest BCUT2D eigenvalue weighted by atomic mass is 9.90. The number of ether oxygens (including phenoxy) is 2. The Morgan fingerprint density at radius 1 is 1.03 bits per heavy atom. The van der Waals surface area contributed by atoms with Crippen LogP contribution >= 0.6 is 46.4 Å². The maximum absolute atomic E-state index is 12.9. The number of rotatable bonds is 8. The number of aromatic nitrogens is 4. The third-order valence-electron chi connectivity index (χ3n) is 5.73. The van der Waals surface area contributed by atoms with E-state index in [0.717, 1.165) is 24.8 Å². The van der Waals surface area contributed by atoms with Gasteiger partial charge in [0.1, 0.15) is 18.9 Å². The largest absolute Gasteiger partial charge is 0.488 e. The topological polar surface area (TPSA) is 82.4 Å². The molecule has 0 spiro atoms. The molecule has 3 aromatic rings. The zero-order chi connectivity index (χ0) is 24.8. The van der Waals surface area contributed by atoms with Crippen molar-refractivity contribution in [3.8, 4) is 5.75 Å². The number of hydrogen-bond donors (Lipinski definition) is 0. The molecule has 35 heavy (non-hydrogen) atoms. The van der Waals surface area contributed by atoms with E-state index in [-0.39, 0.29) is 13.2 Å². The van der Waals surface area contributed by atoms with Crippen LogP contribution in [-0.2, 0) is 17.7 Å². The van der Waals surface area contributed by atoms with Crippen LogP contribution in [0.1, 0.15) is 18.4 Å². The van der Waals surface area contributed by atoms with Gasteiger partial charge in [0.15, 0.2) is 12.4 Å². The summed E-state index contributed by atoms with van der Waals surface area (Å²) in [6.07, 6.45) is 2.86. The van der Waals surface area contributed by atoms with Gasteiger partial charge in [0.05, 0.1) is 15.1 Å². The van der Waals surface area contributed by atoms with Crippen molar-refractivity contribution in [2.75, 3.05) is 19.7 Å². The highest BCUT2D eigenvalue weighted by Crippen LogP contribution is 2.29. The van der Waals surface area contributed by atoms with Gasteiger partial charge in [-0.25, -0.2) is 4.79 Å². The van der Waals surface area contributed by atoms with Gasteiger partial charge in [-0.3, -0.25) is 0 Å². The second kappa shape index (κ2) is 12.1. The molecule has 1 unspecified atom stereocenters. The van der Waals surface area contributed by atoms with Gasteiger partial charge < -0.3 is 14.4 Å². The molecule has 1 amide bonds. The van der Waals surface area contributed by atoms with Crippen LogP contribution in [0.4, 0.5) is 4.79 Å². The fraction of sp³-hybridized carbons (Fsp3) is 0.391. The molecule has 1 aliphatic heterocycles. The summed E-state index contributed by atoms with van der Waals surface area (Å²) in [5.41, 5.74) is 1.14. The predicted octanol–water partition coefficient (Wildman–Crippen LogP) is 5.83. The van der Waals surface area contributed by atoms with E-state index in [9.17, 15) is 4.79 Å². The number of nitrogens with zero attached hydrogens (tertiary/aromatic N) is 5. The van der Waals surface area contributed by atoms with Gasteiger partial charge in [-0.2, -0.15) is 4.80 Å². The lowest BCUT2D eigenvalue weighted by Crippen LogP contribution is -2.42. The molecule has 186 valence electrons. The third kappa shape index (κ3) is 7.36. The number of hydrogen-bond acceptors (Lipinski definition) is 6. The fourth-order valence-electron chi connectivity index (χ4n) is 3.89. The standard InChI is InChI=1S/C23H23Cl4N5O3/c24-17-2-4-22(21(27)11-17)34-13-18(12-32-29-14-28-30-32)35-23(33)31-7-5-15(6-8-31)9-16-1-3-19(25)20(26)10-16/h1-4,10-11,14-15,18H,5-9,12-13H2. The van der Waals surface area contributed by atoms with Crippen molar-refractivity contribution in [1.82, 2.24) is 25.1 Å². The molecule has 0 saturated carbocycles. The number of likely N-dealkylation sites (tertiary alicyclic amines) is 1. The predicted molar refractivity (Wildman–Crippen MR) is 135 cm³/mol. The minimum atomic E-state index is -0.655. The van der Waals surface area contributed by atoms with Crippen LogP contribution in [0.15, 0.2) is 42.7 Å². The van der Waals surface area contributed by atoms with Crippen LogP contribution in [0.3, 0.4) is 0 Å². The number of amides is 1. The second-order valence-corrected chi connectivity index (χ2v) is 9.92. The Bertz CT molecular complexity index is 1140. The van der Waals surface area contributed by atoms with Gasteiger partial charge in [0.25, 0.3) is 0 Å². The van der Waals surface area contributed by atoms with Crippen LogP contribution in [0, 0.1) is 5.92 Å². The van der Waals surface area contributed by atoms with E-state index < -0.39 is 12.2 Å². The normalized spacial score (nSPS) is 15.1. The molecule has 1 saturated heterocycles. The Hall–Kier alpha value is -2.26. The Morgan fingerprint density at radius 3 is 2.51 bits per heavy atom. The van der Waals surface area contributed by atoms with Crippen molar-refractivity contribution in [3.05, 3.63) is 68.4 Å². The Morgan fingerprint density at radius 2 is 1.83 bits per heavy atom. The molecule has 1 aliphatic rings. The highest BCUT2D eigenvalue weighted by molar-refractivity contribution is 6.42. The summed E-state index contributed by atoms with van der Waals surface area (Å²) in [4.78, 5) is 16.0. The summed E-state index contributed by atoms with van der Waals surface area (Å²) in [6.45, 7) is 1.44. The first-order valence-electron chi connectivity index (χ1n) is 11.1. The van der Waals surface area contributed by atoms with Crippen molar-refractivity contribution in [2.45, 2.75) is 31.9 Å². The summed E-state index contributed by atoms with van der Waals surface area (Å²) in [6, 6.07) is 10.6. The molecule has 0 bridgehead atoms. The van der Waals surface area contributed by atoms with Crippen LogP contribution in [-0.4, -0.2) is 57.0 Å². The summed E-state index contributed by atoms with van der Waals surface area (Å²) in [5, 5.41) is 13.5. The van der Waals surface area contributed by atoms with Gasteiger partial charge in [-0.15, -0.1) is 10.2 Å². The molecule has 4 rings (SSSR count). The third-order valence-corrected chi connectivity index (χ3v) is 7.00. The molecule has 1 fully saturated rings. The smallest absolute Gasteiger partial charge is 0.410 e. The maximum Gasteiger partial charge on any atom is 0.410 e. The first-order chi connectivity index (χ1) is 16.9. The zero-order valence-electron chi connectivity index (χ0n) is 18.6. The van der Waals surface area contributed by atoms with E-state index in [0.29, 0.717) is 44.8 Å². The first-order valence-corrected chi connectivity index (χ1v) is 12.6. The summed E-state index contributed by atoms with van der Waals surface area (Å²) in [5.74, 6) is 0.883. The molecule has 1 atom stereocenters. The Labute approximate surface area is 223 Å². The molecular weight excluding hydrogens is 536 g/mol. The highest BCUT2D eigenvalue weighted by Gasteiger charge is 2.27. The molecule has 0 aliphatic carbocycles. The maximum atomic E-state index is 12.9. The minimum absolute atomic E-state index is 0.0580. The average Bonchev–Trinajstić information content (AvgIpc) is 3.34. The second-order valence-electron chi connectivity index (χ2n) is 8.27. The monoisotopic (exact) mass is 557 g/mol. The van der Waals surface area contributed by atoms with E-state index in [4.69, 9.17) is 55.9 Å². The number of piperidine rings is 1. The summed E-state index contributed by atoms with van der Waals surface area (Å²) in [7, 11) is 0. The van der Waals surface area contributed by atoms with Gasteiger partial charge in [-0.05, 0) is 66.3 Å². The van der Waals surface area contributed by atoms with E-state index >= 15 is 0 Å². The van der Waals surface area contributed by atoms with Crippen molar-refractivity contribution in [3.63, 3.8) is 0 Å². The quantitative estimate of drug-likeness (QED) is 0.346. The summed E-state index contributed by atoms with van der Waals surface area (Å²) < 4.78 is 11.6. The highest BCUT2D eigenvalue weighted by atomic mass is 35.5. The van der Waals surface area contributed by atoms with Crippen LogP contribution < -0.4 is 4.74 Å². The number of benzene rings is 2. The van der Waals surface area contributed by atoms with Gasteiger partial charge >= 0.3 is 6.09 Å². The first kappa shape index (κ1) is 25.8. The lowest BCUT2D eigenvalue weighted by molar-refractivity contribution is 0.0212. The van der Waals surface area contributed by atoms with Gasteiger partial charge in [0, 0.05) is 18.1 Å². The molecule has 0 N–H and O–H groups in total. The molecule has 0 radical (unpaired) electrons. The SMILES string of the molecule is O=C(OC(COc1ccc(Cl)cc1Cl)Cn1ncnn1)N1CCC(Cc2ccc(Cl)c(Cl)c2)CC1. The lowest BCUT2D eigenvalue weighted by Gasteiger charge is -2.32. The Kier molecular flexibility index (Phi) is 8.94. The molecule has 2 aromatic carbocycles. The number of tetrazole rings is 1. The summed E-state index contributed by atoms with van der Waals surface area (Å²) >= 11 is 24.3. The molecular formula is C23H23Cl4N5O3. The van der Waals surface area contributed by atoms with E-state index in [1.807, 2.05) is 18.2 Å². The van der Waals surface area contributed by atoms with Crippen LogP contribution in [0.5, 0.6) is 5.75 Å². The van der Waals surface area contributed by atoms with E-state index in [1.54, 1.807) is 23.1 Å². The molecule has 2 heterocycles. The van der Waals surface area contributed by atoms with Crippen molar-refractivity contribution < 1.29 is 14.3 Å². The van der Waals surface area contributed by atoms with Crippen molar-refractivity contribution >= 4 is 52.5 Å². The van der Waals surface area contributed by atoms with Gasteiger partial charge in [0.2, 0.25) is 0 Å². The number of carbonyl (C=O) groups is 1. The van der Waals surface area contributed by atoms with E-state index in [1.165, 1.54) is 11.1 Å². The van der Waals surface area contributed by atoms with Crippen molar-refractivity contribution in [2.24, 2.45) is 5.92 Å². The molecule has 1 aromatic heterocycles. The van der Waals surface area contributed by atoms with Crippen molar-refractivity contribution in [1.29, 1.82) is 0 Å². The number of carbonyl (C=O) groups excluding carboxylic acids is 1. The van der Waals surface area contributed by atoms with E-state index in [2.05, 4.69) is 15.4 Å². The number of halogens is 4. The molecule has 8 nitrogen and oxygen atoms in total. The van der Waals surface area contributed by atoms with Crippen LogP contribution in [0.25, 0.3) is 0 Å². The fourth-order valence-corrected chi connectivity index (χ4v) is 4.67. The minimum Gasteiger partial charge on any atom is -0.488 e. The van der Waals surface area contributed by atoms with Crippen LogP contribution in [0.2, 0.25) is 20.1 Å². The van der Waals surface area contributed by atoms with Gasteiger partial charge in [-0.1, -0.05) is 52.5 Å². The molecule has 12 heteroatoms. The Balaban J connectivity index is 1.31.